The minimum absolute atomic E-state index is 0.0374. The minimum Gasteiger partial charge on any atom is -0.453 e. The number of carbonyl (C=O) groups excluding carboxylic acids is 4. The van der Waals surface area contributed by atoms with Crippen LogP contribution in [-0.2, 0) is 23.8 Å². The van der Waals surface area contributed by atoms with Crippen LogP contribution in [0.4, 0.5) is 9.59 Å². The predicted octanol–water partition coefficient (Wildman–Crippen LogP) is 4.53. The van der Waals surface area contributed by atoms with Crippen LogP contribution in [0.3, 0.4) is 0 Å². The maximum atomic E-state index is 14.2. The van der Waals surface area contributed by atoms with Gasteiger partial charge in [-0.1, -0.05) is 45.0 Å². The molecule has 3 aromatic rings. The highest BCUT2D eigenvalue weighted by molar-refractivity contribution is 6.78. The second-order valence-electron chi connectivity index (χ2n) is 15.7. The molecule has 15 nitrogen and oxygen atoms in total. The molecule has 16 heteroatoms. The Balaban J connectivity index is 1.13. The lowest BCUT2D eigenvalue weighted by Gasteiger charge is -2.34. The first-order valence-corrected chi connectivity index (χ1v) is 22.4. The second kappa shape index (κ2) is 17.1. The Morgan fingerprint density at radius 2 is 1.55 bits per heavy atom. The van der Waals surface area contributed by atoms with Gasteiger partial charge < -0.3 is 44.6 Å². The molecule has 6 rings (SSSR count). The normalized spacial score (nSPS) is 20.7. The Labute approximate surface area is 322 Å². The number of hydrogen-bond donors (Lipinski definition) is 4. The van der Waals surface area contributed by atoms with E-state index < -0.39 is 32.3 Å². The molecule has 3 saturated heterocycles. The number of amides is 4. The van der Waals surface area contributed by atoms with Crippen LogP contribution < -0.4 is 10.6 Å². The van der Waals surface area contributed by atoms with Crippen molar-refractivity contribution in [3.8, 4) is 23.1 Å². The molecule has 0 aliphatic carbocycles. The van der Waals surface area contributed by atoms with Crippen LogP contribution >= 0.6 is 0 Å². The first-order valence-electron chi connectivity index (χ1n) is 19.0. The van der Waals surface area contributed by atoms with E-state index >= 15 is 0 Å². The minimum atomic E-state index is -1.78. The number of methoxy groups -OCH3 is 2. The van der Waals surface area contributed by atoms with E-state index in [0.29, 0.717) is 50.3 Å². The lowest BCUT2D eigenvalue weighted by Crippen LogP contribution is -2.53. The van der Waals surface area contributed by atoms with Gasteiger partial charge in [0.2, 0.25) is 11.8 Å². The van der Waals surface area contributed by atoms with E-state index in [-0.39, 0.29) is 35.7 Å². The van der Waals surface area contributed by atoms with Gasteiger partial charge in [0.1, 0.15) is 29.4 Å². The average molecular weight is 773 g/mol. The lowest BCUT2D eigenvalue weighted by molar-refractivity contribution is -0.136. The Bertz CT molecular complexity index is 1910. The van der Waals surface area contributed by atoms with E-state index in [0.717, 1.165) is 41.5 Å². The third kappa shape index (κ3) is 9.22. The summed E-state index contributed by atoms with van der Waals surface area (Å²) in [5.74, 6) is 7.32. The summed E-state index contributed by atoms with van der Waals surface area (Å²) in [6.07, 6.45) is 5.85. The fourth-order valence-corrected chi connectivity index (χ4v) is 10.7. The Morgan fingerprint density at radius 1 is 0.873 bits per heavy atom. The monoisotopic (exact) mass is 772 g/mol. The molecule has 4 atom stereocenters. The van der Waals surface area contributed by atoms with Crippen molar-refractivity contribution in [1.29, 1.82) is 0 Å². The molecule has 3 aliphatic rings. The largest absolute Gasteiger partial charge is 0.453 e. The number of imidazole rings is 2. The third-order valence-corrected chi connectivity index (χ3v) is 13.4. The first kappa shape index (κ1) is 39.5. The van der Waals surface area contributed by atoms with Crippen molar-refractivity contribution < 1.29 is 33.4 Å². The number of rotatable bonds is 9. The summed E-state index contributed by atoms with van der Waals surface area (Å²) in [7, 11) is 0.806. The highest BCUT2D eigenvalue weighted by Gasteiger charge is 2.47. The quantitative estimate of drug-likeness (QED) is 0.179. The number of aromatic nitrogens is 4. The van der Waals surface area contributed by atoms with Crippen LogP contribution in [0.25, 0.3) is 11.3 Å². The predicted molar refractivity (Wildman–Crippen MR) is 206 cm³/mol. The molecule has 0 radical (unpaired) electrons. The maximum Gasteiger partial charge on any atom is 0.407 e. The van der Waals surface area contributed by atoms with Crippen molar-refractivity contribution in [3.05, 3.63) is 59.6 Å². The summed E-state index contributed by atoms with van der Waals surface area (Å²) >= 11 is 0. The van der Waals surface area contributed by atoms with Crippen molar-refractivity contribution in [2.75, 3.05) is 40.1 Å². The molecule has 3 fully saturated rings. The first-order chi connectivity index (χ1) is 26.4. The Kier molecular flexibility index (Phi) is 12.3. The van der Waals surface area contributed by atoms with Gasteiger partial charge in [-0.2, -0.15) is 0 Å². The van der Waals surface area contributed by atoms with Crippen LogP contribution in [0.1, 0.15) is 74.5 Å². The van der Waals surface area contributed by atoms with Gasteiger partial charge in [0.15, 0.2) is 0 Å². The summed E-state index contributed by atoms with van der Waals surface area (Å²) in [4.78, 5) is 71.7. The molecule has 55 heavy (non-hydrogen) atoms. The van der Waals surface area contributed by atoms with E-state index in [1.165, 1.54) is 14.2 Å². The van der Waals surface area contributed by atoms with E-state index in [2.05, 4.69) is 50.5 Å². The molecule has 0 unspecified atom stereocenters. The Hall–Kier alpha value is -5.14. The van der Waals surface area contributed by atoms with Gasteiger partial charge in [-0.3, -0.25) is 9.59 Å². The number of nitrogens with one attached hydrogen (secondary N) is 4. The van der Waals surface area contributed by atoms with Crippen molar-refractivity contribution >= 4 is 32.1 Å². The molecule has 5 heterocycles. The summed E-state index contributed by atoms with van der Waals surface area (Å²) in [6.45, 7) is 10.0. The molecule has 0 saturated carbocycles. The van der Waals surface area contributed by atoms with Crippen molar-refractivity contribution in [2.24, 2.45) is 11.8 Å². The van der Waals surface area contributed by atoms with E-state index in [1.54, 1.807) is 17.3 Å². The smallest absolute Gasteiger partial charge is 0.407 e. The van der Waals surface area contributed by atoms with Crippen LogP contribution in [0.15, 0.2) is 36.7 Å². The van der Waals surface area contributed by atoms with Gasteiger partial charge in [0.05, 0.1) is 52.5 Å². The van der Waals surface area contributed by atoms with Crippen LogP contribution in [0.2, 0.25) is 19.1 Å². The average Bonchev–Trinajstić information content (AvgIpc) is 4.01. The summed E-state index contributed by atoms with van der Waals surface area (Å²) < 4.78 is 15.2. The standard InChI is InChI=1S/C39H52N8O7Si/c1-24(2)32(44-38(50)52-3)36(48)46-17-7-8-30(46)34-40-20-28(42-34)14-11-25-9-12-26(13-10-25)29-21-41-35(43-29)31-22-55(5,6)23-47(31)37(49)33(45-39(51)53-4)27-15-18-54-19-16-27/h9-10,12-13,20-21,24,27,30-33H,7-8,15-19,22-23H2,1-6H3,(H,40,42)(H,41,43)(H,44,50)(H,45,51)/t30-,31-,32-,33-/m0/s1. The highest BCUT2D eigenvalue weighted by atomic mass is 28.3. The maximum absolute atomic E-state index is 14.2. The second-order valence-corrected chi connectivity index (χ2v) is 20.7. The number of benzene rings is 1. The molecule has 2 aromatic heterocycles. The number of H-pyrrole nitrogens is 2. The number of nitrogens with zero attached hydrogens (tertiary/aromatic N) is 4. The van der Waals surface area contributed by atoms with Crippen LogP contribution in [0.5, 0.6) is 0 Å². The summed E-state index contributed by atoms with van der Waals surface area (Å²) in [5, 5.41) is 5.51. The fraction of sp³-hybridized carbons (Fsp3) is 0.538. The fourth-order valence-electron chi connectivity index (χ4n) is 7.83. The molecular weight excluding hydrogens is 721 g/mol. The van der Waals surface area contributed by atoms with Crippen molar-refractivity contribution in [3.63, 3.8) is 0 Å². The number of alkyl carbamates (subject to hydrolysis) is 2. The van der Waals surface area contributed by atoms with Gasteiger partial charge in [-0.15, -0.1) is 0 Å². The number of ether oxygens (including phenoxy) is 3. The number of likely N-dealkylation sites (tertiary alicyclic amines) is 1. The molecule has 0 spiro atoms. The molecule has 0 bridgehead atoms. The number of carbonyl (C=O) groups is 4. The van der Waals surface area contributed by atoms with Gasteiger partial charge in [0, 0.05) is 31.5 Å². The molecule has 3 aliphatic heterocycles. The molecule has 1 aromatic carbocycles. The zero-order chi connectivity index (χ0) is 39.3. The molecule has 4 N–H and O–H groups in total. The highest BCUT2D eigenvalue weighted by Crippen LogP contribution is 2.39. The van der Waals surface area contributed by atoms with E-state index in [4.69, 9.17) is 19.2 Å². The molecule has 294 valence electrons. The number of hydrogen-bond acceptors (Lipinski definition) is 9. The van der Waals surface area contributed by atoms with Crippen molar-refractivity contribution in [2.45, 2.75) is 82.8 Å². The van der Waals surface area contributed by atoms with E-state index in [1.807, 2.05) is 43.0 Å². The Morgan fingerprint density at radius 3 is 2.24 bits per heavy atom. The molecular formula is C39H52N8O7Si. The van der Waals surface area contributed by atoms with E-state index in [9.17, 15) is 19.2 Å². The van der Waals surface area contributed by atoms with Gasteiger partial charge in [-0.05, 0) is 67.2 Å². The van der Waals surface area contributed by atoms with Crippen LogP contribution in [0, 0.1) is 23.7 Å². The van der Waals surface area contributed by atoms with Gasteiger partial charge >= 0.3 is 12.2 Å². The summed E-state index contributed by atoms with van der Waals surface area (Å²) in [5.41, 5.74) is 3.20. The zero-order valence-corrected chi connectivity index (χ0v) is 33.4. The summed E-state index contributed by atoms with van der Waals surface area (Å²) in [6, 6.07) is 6.83. The number of aromatic amines is 2. The topological polar surface area (TPSA) is 184 Å². The SMILES string of the molecule is COC(=O)N[C@H](C(=O)N1CCC[C@H]1c1ncc(C#Cc2ccc(-c3cnc([C@@H]4C[Si](C)(C)CN4C(=O)[C@@H](NC(=O)OC)C4CCOCC4)[nH]3)cc2)[nH]1)C(C)C. The zero-order valence-electron chi connectivity index (χ0n) is 32.4. The van der Waals surface area contributed by atoms with Crippen molar-refractivity contribution in [1.82, 2.24) is 40.4 Å². The third-order valence-electron chi connectivity index (χ3n) is 10.8. The molecule has 4 amide bonds. The van der Waals surface area contributed by atoms with Gasteiger partial charge in [-0.25, -0.2) is 19.6 Å². The van der Waals surface area contributed by atoms with Gasteiger partial charge in [0.25, 0.3) is 0 Å². The van der Waals surface area contributed by atoms with Crippen LogP contribution in [-0.4, -0.2) is 114 Å². The lowest BCUT2D eigenvalue weighted by atomic mass is 9.90.